The highest BCUT2D eigenvalue weighted by Gasteiger charge is 2.30. The first kappa shape index (κ1) is 28.5. The molecule has 2 aliphatic carbocycles. The molecule has 0 spiro atoms. The van der Waals surface area contributed by atoms with Crippen LogP contribution in [0.4, 0.5) is 0 Å². The van der Waals surface area contributed by atoms with Gasteiger partial charge in [0.15, 0.2) is 0 Å². The summed E-state index contributed by atoms with van der Waals surface area (Å²) in [4.78, 5) is 5.50. The lowest BCUT2D eigenvalue weighted by Crippen LogP contribution is -2.38. The molecule has 7 aromatic rings. The minimum atomic E-state index is 0.309. The van der Waals surface area contributed by atoms with E-state index in [1.54, 1.807) is 0 Å². The molecule has 2 aromatic heterocycles. The van der Waals surface area contributed by atoms with Gasteiger partial charge < -0.3 is 0 Å². The minimum Gasteiger partial charge on any atom is -0.293 e. The van der Waals surface area contributed by atoms with Gasteiger partial charge in [-0.25, -0.2) is 4.98 Å². The Morgan fingerprint density at radius 2 is 1.27 bits per heavy atom. The first-order chi connectivity index (χ1) is 23.6. The van der Waals surface area contributed by atoms with Gasteiger partial charge in [0.2, 0.25) is 0 Å². The quantitative estimate of drug-likeness (QED) is 0.188. The highest BCUT2D eigenvalue weighted by molar-refractivity contribution is 6.00. The zero-order chi connectivity index (χ0) is 32.2. The van der Waals surface area contributed by atoms with Crippen LogP contribution in [0.2, 0.25) is 0 Å². The van der Waals surface area contributed by atoms with Crippen LogP contribution in [-0.4, -0.2) is 9.55 Å². The number of pyridine rings is 1. The van der Waals surface area contributed by atoms with Crippen molar-refractivity contribution in [2.45, 2.75) is 20.3 Å². The Balaban J connectivity index is 1.51. The molecule has 0 fully saturated rings. The van der Waals surface area contributed by atoms with Gasteiger partial charge in [0.25, 0.3) is 0 Å². The van der Waals surface area contributed by atoms with Crippen LogP contribution in [0.5, 0.6) is 0 Å². The molecule has 0 aliphatic heterocycles. The fraction of sp³-hybridized carbons (Fsp3) is 0.109. The standard InChI is InChI=1S/C46H36N2/c1-30(2)38-24-14-23-36-26-40-39-25-34-21-12-13-22-35(34)28-42(39)48(46(40)45(44(36)38)33-19-10-5-11-20-33)43-29-37(31-15-6-3-7-16-31)27-41(47-43)32-17-8-4-9-18-32/h3-22,24-30,36H,23H2,1-2H3. The maximum atomic E-state index is 5.50. The van der Waals surface area contributed by atoms with Crippen molar-refractivity contribution in [1.29, 1.82) is 0 Å². The molecule has 5 aromatic carbocycles. The van der Waals surface area contributed by atoms with Crippen LogP contribution >= 0.6 is 0 Å². The molecule has 2 heterocycles. The van der Waals surface area contributed by atoms with Crippen LogP contribution in [-0.2, 0) is 0 Å². The molecular formula is C46H36N2. The lowest BCUT2D eigenvalue weighted by Gasteiger charge is -2.30. The molecule has 1 unspecified atom stereocenters. The van der Waals surface area contributed by atoms with Gasteiger partial charge in [-0.05, 0) is 75.2 Å². The summed E-state index contributed by atoms with van der Waals surface area (Å²) in [5.74, 6) is 1.64. The van der Waals surface area contributed by atoms with Crippen molar-refractivity contribution in [2.24, 2.45) is 11.8 Å². The molecule has 9 rings (SSSR count). The molecule has 0 bridgehead atoms. The van der Waals surface area contributed by atoms with Gasteiger partial charge in [-0.1, -0.05) is 147 Å². The predicted molar refractivity (Wildman–Crippen MR) is 201 cm³/mol. The Hall–Kier alpha value is -5.73. The summed E-state index contributed by atoms with van der Waals surface area (Å²) in [6.07, 6.45) is 8.30. The third kappa shape index (κ3) is 4.67. The summed E-state index contributed by atoms with van der Waals surface area (Å²) in [5, 5.41) is 6.28. The van der Waals surface area contributed by atoms with Crippen molar-refractivity contribution >= 4 is 33.3 Å². The Labute approximate surface area is 281 Å². The summed E-state index contributed by atoms with van der Waals surface area (Å²) in [5.41, 5.74) is 11.0. The second-order valence-electron chi connectivity index (χ2n) is 13.3. The summed E-state index contributed by atoms with van der Waals surface area (Å²) < 4.78 is 2.47. The molecule has 0 saturated heterocycles. The van der Waals surface area contributed by atoms with Gasteiger partial charge >= 0.3 is 0 Å². The third-order valence-electron chi connectivity index (χ3n) is 10.0. The largest absolute Gasteiger partial charge is 0.293 e. The number of rotatable bonds is 5. The first-order valence-corrected chi connectivity index (χ1v) is 17.0. The molecule has 230 valence electrons. The van der Waals surface area contributed by atoms with E-state index in [-0.39, 0.29) is 0 Å². The summed E-state index contributed by atoms with van der Waals surface area (Å²) in [6.45, 7) is 4.65. The molecular weight excluding hydrogens is 581 g/mol. The van der Waals surface area contributed by atoms with E-state index in [2.05, 4.69) is 176 Å². The highest BCUT2D eigenvalue weighted by Crippen LogP contribution is 2.40. The van der Waals surface area contributed by atoms with E-state index in [1.165, 1.54) is 60.1 Å². The topological polar surface area (TPSA) is 17.8 Å². The number of nitrogens with zero attached hydrogens (tertiary/aromatic N) is 2. The van der Waals surface area contributed by atoms with Crippen LogP contribution in [0.3, 0.4) is 0 Å². The molecule has 0 radical (unpaired) electrons. The van der Waals surface area contributed by atoms with Gasteiger partial charge in [-0.15, -0.1) is 0 Å². The fourth-order valence-corrected chi connectivity index (χ4v) is 7.81. The van der Waals surface area contributed by atoms with Crippen LogP contribution in [0.15, 0.2) is 163 Å². The Morgan fingerprint density at radius 3 is 1.96 bits per heavy atom. The van der Waals surface area contributed by atoms with Gasteiger partial charge in [0, 0.05) is 27.7 Å². The van der Waals surface area contributed by atoms with Gasteiger partial charge in [-0.2, -0.15) is 0 Å². The summed E-state index contributed by atoms with van der Waals surface area (Å²) in [6, 6.07) is 50.3. The molecule has 48 heavy (non-hydrogen) atoms. The van der Waals surface area contributed by atoms with E-state index in [9.17, 15) is 0 Å². The highest BCUT2D eigenvalue weighted by atomic mass is 15.1. The number of allylic oxidation sites excluding steroid dienone is 4. The SMILES string of the molecule is CC(C)C1=C2C(c3ccccc3)=c3c(c4cc5ccccc5cc4n3-c3cc(-c4ccccc4)cc(-c4ccccc4)n3)=CC2CC=C1. The molecule has 0 saturated carbocycles. The Kier molecular flexibility index (Phi) is 6.83. The first-order valence-electron chi connectivity index (χ1n) is 17.0. The minimum absolute atomic E-state index is 0.309. The van der Waals surface area contributed by atoms with E-state index in [1.807, 2.05) is 0 Å². The zero-order valence-electron chi connectivity index (χ0n) is 27.3. The normalized spacial score (nSPS) is 15.6. The smallest absolute Gasteiger partial charge is 0.138 e. The average molecular weight is 617 g/mol. The van der Waals surface area contributed by atoms with E-state index >= 15 is 0 Å². The van der Waals surface area contributed by atoms with Gasteiger partial charge in [0.05, 0.1) is 16.6 Å². The Bertz CT molecular complexity index is 2480. The number of fused-ring (bicyclic) bond motifs is 5. The number of benzene rings is 5. The monoisotopic (exact) mass is 616 g/mol. The van der Waals surface area contributed by atoms with Crippen molar-refractivity contribution in [1.82, 2.24) is 9.55 Å². The van der Waals surface area contributed by atoms with Gasteiger partial charge in [0.1, 0.15) is 5.82 Å². The van der Waals surface area contributed by atoms with Crippen molar-refractivity contribution in [3.8, 4) is 28.2 Å². The second kappa shape index (κ2) is 11.5. The van der Waals surface area contributed by atoms with Crippen LogP contribution < -0.4 is 10.6 Å². The third-order valence-corrected chi connectivity index (χ3v) is 10.0. The summed E-state index contributed by atoms with van der Waals surface area (Å²) in [7, 11) is 0. The maximum absolute atomic E-state index is 5.50. The van der Waals surface area contributed by atoms with E-state index in [0.717, 1.165) is 29.1 Å². The van der Waals surface area contributed by atoms with Gasteiger partial charge in [-0.3, -0.25) is 4.57 Å². The molecule has 2 nitrogen and oxygen atoms in total. The Morgan fingerprint density at radius 1 is 0.646 bits per heavy atom. The fourth-order valence-electron chi connectivity index (χ4n) is 7.81. The second-order valence-corrected chi connectivity index (χ2v) is 13.3. The number of hydrogen-bond donors (Lipinski definition) is 0. The number of aromatic nitrogens is 2. The lowest BCUT2D eigenvalue weighted by atomic mass is 9.75. The molecule has 2 heteroatoms. The van der Waals surface area contributed by atoms with Crippen molar-refractivity contribution < 1.29 is 0 Å². The van der Waals surface area contributed by atoms with Crippen LogP contribution in [0.1, 0.15) is 25.8 Å². The lowest BCUT2D eigenvalue weighted by molar-refractivity contribution is 0.723. The van der Waals surface area contributed by atoms with Crippen molar-refractivity contribution in [3.63, 3.8) is 0 Å². The van der Waals surface area contributed by atoms with Crippen molar-refractivity contribution in [2.75, 3.05) is 0 Å². The molecule has 1 atom stereocenters. The molecule has 2 aliphatic rings. The van der Waals surface area contributed by atoms with Crippen molar-refractivity contribution in [3.05, 3.63) is 179 Å². The predicted octanol–water partition coefficient (Wildman–Crippen LogP) is 10.0. The van der Waals surface area contributed by atoms with E-state index in [0.29, 0.717) is 11.8 Å². The van der Waals surface area contributed by atoms with E-state index < -0.39 is 0 Å². The molecule has 0 N–H and O–H groups in total. The van der Waals surface area contributed by atoms with E-state index in [4.69, 9.17) is 4.98 Å². The average Bonchev–Trinajstić information content (AvgIpc) is 3.46. The number of hydrogen-bond acceptors (Lipinski definition) is 1. The molecule has 0 amide bonds. The summed E-state index contributed by atoms with van der Waals surface area (Å²) >= 11 is 0. The maximum Gasteiger partial charge on any atom is 0.138 e. The van der Waals surface area contributed by atoms with Crippen LogP contribution in [0, 0.1) is 11.8 Å². The zero-order valence-corrected chi connectivity index (χ0v) is 27.3. The van der Waals surface area contributed by atoms with Crippen LogP contribution in [0.25, 0.3) is 61.5 Å².